The smallest absolute Gasteiger partial charge is 0.321 e. The Morgan fingerprint density at radius 2 is 2.00 bits per heavy atom. The number of rotatable bonds is 7. The third-order valence-electron chi connectivity index (χ3n) is 3.21. The maximum Gasteiger partial charge on any atom is 0.321 e. The second-order valence-corrected chi connectivity index (χ2v) is 6.10. The molecule has 0 bridgehead atoms. The number of benzene rings is 1. The van der Waals surface area contributed by atoms with Crippen LogP contribution in [0.25, 0.3) is 0 Å². The summed E-state index contributed by atoms with van der Waals surface area (Å²) in [6.45, 7) is 4.32. The molecule has 0 aliphatic carbocycles. The summed E-state index contributed by atoms with van der Waals surface area (Å²) in [4.78, 5) is 22.8. The second-order valence-electron chi connectivity index (χ2n) is 5.17. The van der Waals surface area contributed by atoms with Crippen molar-refractivity contribution in [2.24, 2.45) is 0 Å². The quantitative estimate of drug-likeness (QED) is 0.746. The molecule has 1 heterocycles. The number of thioether (sulfide) groups is 1. The lowest BCUT2D eigenvalue weighted by Gasteiger charge is -2.08. The Balaban J connectivity index is 1.80. The SMILES string of the molecule is CCNC(=O)NC(=O)CSc1nnc(CC(C)c2ccccc2)o1. The van der Waals surface area contributed by atoms with E-state index in [4.69, 9.17) is 4.42 Å². The van der Waals surface area contributed by atoms with Crippen LogP contribution in [0.4, 0.5) is 4.79 Å². The molecule has 1 aromatic carbocycles. The van der Waals surface area contributed by atoms with Gasteiger partial charge in [0.05, 0.1) is 5.75 Å². The van der Waals surface area contributed by atoms with E-state index in [0.717, 1.165) is 11.8 Å². The van der Waals surface area contributed by atoms with Gasteiger partial charge in [-0.2, -0.15) is 0 Å². The van der Waals surface area contributed by atoms with E-state index in [0.29, 0.717) is 24.1 Å². The minimum atomic E-state index is -0.508. The van der Waals surface area contributed by atoms with E-state index >= 15 is 0 Å². The van der Waals surface area contributed by atoms with Gasteiger partial charge in [0, 0.05) is 13.0 Å². The molecule has 2 aromatic rings. The van der Waals surface area contributed by atoms with Crippen molar-refractivity contribution in [3.05, 3.63) is 41.8 Å². The van der Waals surface area contributed by atoms with Crippen LogP contribution >= 0.6 is 11.8 Å². The van der Waals surface area contributed by atoms with Crippen LogP contribution in [0.5, 0.6) is 0 Å². The Morgan fingerprint density at radius 1 is 1.25 bits per heavy atom. The highest BCUT2D eigenvalue weighted by Gasteiger charge is 2.14. The summed E-state index contributed by atoms with van der Waals surface area (Å²) >= 11 is 1.10. The lowest BCUT2D eigenvalue weighted by Crippen LogP contribution is -2.40. The molecule has 0 aliphatic heterocycles. The average molecular weight is 348 g/mol. The average Bonchev–Trinajstić information content (AvgIpc) is 3.01. The predicted octanol–water partition coefficient (Wildman–Crippen LogP) is 2.35. The summed E-state index contributed by atoms with van der Waals surface area (Å²) < 4.78 is 5.54. The van der Waals surface area contributed by atoms with Gasteiger partial charge in [0.2, 0.25) is 11.8 Å². The molecule has 0 spiro atoms. The van der Waals surface area contributed by atoms with Crippen molar-refractivity contribution in [2.75, 3.05) is 12.3 Å². The number of imide groups is 1. The predicted molar refractivity (Wildman–Crippen MR) is 90.8 cm³/mol. The van der Waals surface area contributed by atoms with Crippen LogP contribution in [-0.2, 0) is 11.2 Å². The zero-order valence-electron chi connectivity index (χ0n) is 13.6. The van der Waals surface area contributed by atoms with Crippen LogP contribution < -0.4 is 10.6 Å². The van der Waals surface area contributed by atoms with E-state index in [9.17, 15) is 9.59 Å². The van der Waals surface area contributed by atoms with Crippen molar-refractivity contribution in [2.45, 2.75) is 31.4 Å². The number of nitrogens with zero attached hydrogens (tertiary/aromatic N) is 2. The number of carbonyl (C=O) groups is 2. The van der Waals surface area contributed by atoms with E-state index in [1.54, 1.807) is 6.92 Å². The highest BCUT2D eigenvalue weighted by Crippen LogP contribution is 2.22. The van der Waals surface area contributed by atoms with Crippen LogP contribution in [0.1, 0.15) is 31.2 Å². The summed E-state index contributed by atoms with van der Waals surface area (Å²) in [5.41, 5.74) is 1.20. The lowest BCUT2D eigenvalue weighted by molar-refractivity contribution is -0.117. The Bertz CT molecular complexity index is 675. The van der Waals surface area contributed by atoms with Crippen molar-refractivity contribution in [3.8, 4) is 0 Å². The zero-order valence-corrected chi connectivity index (χ0v) is 14.4. The molecule has 0 fully saturated rings. The van der Waals surface area contributed by atoms with Gasteiger partial charge in [-0.05, 0) is 18.4 Å². The van der Waals surface area contributed by atoms with Crippen LogP contribution in [0.2, 0.25) is 0 Å². The summed E-state index contributed by atoms with van der Waals surface area (Å²) in [6.07, 6.45) is 0.628. The van der Waals surface area contributed by atoms with E-state index in [1.807, 2.05) is 18.2 Å². The van der Waals surface area contributed by atoms with Gasteiger partial charge in [-0.1, -0.05) is 49.0 Å². The van der Waals surface area contributed by atoms with Gasteiger partial charge in [-0.25, -0.2) is 4.79 Å². The number of hydrogen-bond donors (Lipinski definition) is 2. The molecule has 8 heteroatoms. The fourth-order valence-corrected chi connectivity index (χ4v) is 2.62. The molecule has 0 saturated carbocycles. The first kappa shape index (κ1) is 18.0. The van der Waals surface area contributed by atoms with Gasteiger partial charge in [-0.3, -0.25) is 10.1 Å². The molecule has 0 aliphatic rings. The summed E-state index contributed by atoms with van der Waals surface area (Å²) in [5.74, 6) is 0.402. The maximum absolute atomic E-state index is 11.6. The highest BCUT2D eigenvalue weighted by molar-refractivity contribution is 7.99. The van der Waals surface area contributed by atoms with Crippen molar-refractivity contribution in [1.82, 2.24) is 20.8 Å². The largest absolute Gasteiger partial charge is 0.416 e. The molecule has 7 nitrogen and oxygen atoms in total. The molecule has 1 unspecified atom stereocenters. The van der Waals surface area contributed by atoms with E-state index in [1.165, 1.54) is 5.56 Å². The number of nitrogens with one attached hydrogen (secondary N) is 2. The Hall–Kier alpha value is -2.35. The van der Waals surface area contributed by atoms with Crippen LogP contribution in [-0.4, -0.2) is 34.4 Å². The third-order valence-corrected chi connectivity index (χ3v) is 4.03. The second kappa shape index (κ2) is 9.07. The minimum Gasteiger partial charge on any atom is -0.416 e. The molecular formula is C16H20N4O3S. The van der Waals surface area contributed by atoms with Crippen LogP contribution in [0, 0.1) is 0 Å². The molecule has 24 heavy (non-hydrogen) atoms. The highest BCUT2D eigenvalue weighted by atomic mass is 32.2. The fourth-order valence-electron chi connectivity index (χ4n) is 2.04. The minimum absolute atomic E-state index is 0.0347. The zero-order chi connectivity index (χ0) is 17.4. The van der Waals surface area contributed by atoms with Crippen molar-refractivity contribution < 1.29 is 14.0 Å². The van der Waals surface area contributed by atoms with Gasteiger partial charge in [0.1, 0.15) is 0 Å². The molecule has 3 amide bonds. The topological polar surface area (TPSA) is 97.1 Å². The van der Waals surface area contributed by atoms with E-state index in [-0.39, 0.29) is 11.7 Å². The Kier molecular flexibility index (Phi) is 6.80. The van der Waals surface area contributed by atoms with Gasteiger partial charge >= 0.3 is 6.03 Å². The molecule has 1 atom stereocenters. The first-order valence-electron chi connectivity index (χ1n) is 7.66. The fraction of sp³-hybridized carbons (Fsp3) is 0.375. The summed E-state index contributed by atoms with van der Waals surface area (Å²) in [5, 5.41) is 12.9. The standard InChI is InChI=1S/C16H20N4O3S/c1-3-17-15(22)18-13(21)10-24-16-20-19-14(23-16)9-11(2)12-7-5-4-6-8-12/h4-8,11H,3,9-10H2,1-2H3,(H2,17,18,21,22). The van der Waals surface area contributed by atoms with Crippen LogP contribution in [0.3, 0.4) is 0 Å². The number of urea groups is 1. The monoisotopic (exact) mass is 348 g/mol. The van der Waals surface area contributed by atoms with E-state index in [2.05, 4.69) is 39.9 Å². The number of hydrogen-bond acceptors (Lipinski definition) is 6. The molecule has 0 saturated heterocycles. The maximum atomic E-state index is 11.6. The lowest BCUT2D eigenvalue weighted by atomic mass is 9.98. The summed E-state index contributed by atoms with van der Waals surface area (Å²) in [6, 6.07) is 9.57. The first-order valence-corrected chi connectivity index (χ1v) is 8.64. The molecular weight excluding hydrogens is 328 g/mol. The molecule has 2 N–H and O–H groups in total. The van der Waals surface area contributed by atoms with Crippen LogP contribution in [0.15, 0.2) is 40.0 Å². The van der Waals surface area contributed by atoms with Gasteiger partial charge in [0.15, 0.2) is 0 Å². The summed E-state index contributed by atoms with van der Waals surface area (Å²) in [7, 11) is 0. The van der Waals surface area contributed by atoms with Crippen molar-refractivity contribution in [3.63, 3.8) is 0 Å². The number of aromatic nitrogens is 2. The molecule has 0 radical (unpaired) electrons. The third kappa shape index (κ3) is 5.69. The number of amides is 3. The molecule has 128 valence electrons. The van der Waals surface area contributed by atoms with Gasteiger partial charge < -0.3 is 9.73 Å². The molecule has 1 aromatic heterocycles. The first-order chi connectivity index (χ1) is 11.6. The number of carbonyl (C=O) groups excluding carboxylic acids is 2. The van der Waals surface area contributed by atoms with Gasteiger partial charge in [0.25, 0.3) is 5.22 Å². The van der Waals surface area contributed by atoms with Crippen molar-refractivity contribution in [1.29, 1.82) is 0 Å². The normalized spacial score (nSPS) is 11.8. The van der Waals surface area contributed by atoms with E-state index < -0.39 is 11.9 Å². The molecule has 2 rings (SSSR count). The van der Waals surface area contributed by atoms with Crippen molar-refractivity contribution >= 4 is 23.7 Å². The Labute approximate surface area is 144 Å². The van der Waals surface area contributed by atoms with Gasteiger partial charge in [-0.15, -0.1) is 10.2 Å². The Morgan fingerprint density at radius 3 is 2.71 bits per heavy atom.